The Balaban J connectivity index is 1.22. The Labute approximate surface area is 197 Å². The standard InChI is InChI=1S/C25H30F2N4O3/c1-2-34-24(33)31-15-25(16-31)6-5-19(13-25)29-7-9-30(10-8-29)23-20(12-18(26)14-28-23)17-3-4-22(32)21(27)11-17/h3-4,11-12,14,19,32H,2,5-10,13,15-16H2,1H3/t19-/m1/s1. The summed E-state index contributed by atoms with van der Waals surface area (Å²) in [5.41, 5.74) is 1.22. The van der Waals surface area contributed by atoms with Gasteiger partial charge in [-0.25, -0.2) is 18.6 Å². The molecule has 182 valence electrons. The molecule has 1 N–H and O–H groups in total. The van der Waals surface area contributed by atoms with Crippen LogP contribution in [0, 0.1) is 17.0 Å². The number of aromatic hydroxyl groups is 1. The van der Waals surface area contributed by atoms with Gasteiger partial charge in [-0.1, -0.05) is 6.07 Å². The summed E-state index contributed by atoms with van der Waals surface area (Å²) in [6, 6.07) is 5.93. The Bertz CT molecular complexity index is 1070. The lowest BCUT2D eigenvalue weighted by molar-refractivity contribution is -0.00294. The lowest BCUT2D eigenvalue weighted by Gasteiger charge is -2.48. The average Bonchev–Trinajstić information content (AvgIpc) is 3.26. The second-order valence-corrected chi connectivity index (χ2v) is 9.67. The number of rotatable bonds is 4. The van der Waals surface area contributed by atoms with E-state index in [2.05, 4.69) is 14.8 Å². The van der Waals surface area contributed by atoms with Crippen molar-refractivity contribution in [2.24, 2.45) is 5.41 Å². The van der Waals surface area contributed by atoms with E-state index in [0.29, 0.717) is 29.6 Å². The van der Waals surface area contributed by atoms with Gasteiger partial charge in [0, 0.05) is 56.3 Å². The topological polar surface area (TPSA) is 69.1 Å². The maximum atomic E-state index is 14.0. The van der Waals surface area contributed by atoms with Crippen LogP contribution in [-0.2, 0) is 4.74 Å². The number of hydrogen-bond donors (Lipinski definition) is 1. The molecule has 1 aromatic heterocycles. The van der Waals surface area contributed by atoms with Crippen LogP contribution in [0.3, 0.4) is 0 Å². The normalized spacial score (nSPS) is 22.1. The number of aromatic nitrogens is 1. The molecule has 1 aromatic carbocycles. The predicted molar refractivity (Wildman–Crippen MR) is 124 cm³/mol. The molecule has 5 rings (SSSR count). The molecule has 9 heteroatoms. The summed E-state index contributed by atoms with van der Waals surface area (Å²) >= 11 is 0. The van der Waals surface area contributed by atoms with Crippen molar-refractivity contribution in [2.75, 3.05) is 50.8 Å². The smallest absolute Gasteiger partial charge is 0.409 e. The van der Waals surface area contributed by atoms with Crippen LogP contribution in [0.25, 0.3) is 11.1 Å². The Hall–Kier alpha value is -2.94. The highest BCUT2D eigenvalue weighted by Crippen LogP contribution is 2.47. The minimum Gasteiger partial charge on any atom is -0.505 e. The summed E-state index contributed by atoms with van der Waals surface area (Å²) < 4.78 is 33.1. The van der Waals surface area contributed by atoms with Crippen LogP contribution in [0.15, 0.2) is 30.5 Å². The van der Waals surface area contributed by atoms with Crippen molar-refractivity contribution in [3.63, 3.8) is 0 Å². The third-order valence-electron chi connectivity index (χ3n) is 7.48. The molecule has 7 nitrogen and oxygen atoms in total. The van der Waals surface area contributed by atoms with Crippen LogP contribution in [0.4, 0.5) is 19.4 Å². The van der Waals surface area contributed by atoms with Crippen LogP contribution < -0.4 is 4.90 Å². The largest absolute Gasteiger partial charge is 0.505 e. The van der Waals surface area contributed by atoms with E-state index >= 15 is 0 Å². The summed E-state index contributed by atoms with van der Waals surface area (Å²) in [4.78, 5) is 22.7. The fraction of sp³-hybridized carbons (Fsp3) is 0.520. The first-order valence-corrected chi connectivity index (χ1v) is 11.9. The predicted octanol–water partition coefficient (Wildman–Crippen LogP) is 3.87. The van der Waals surface area contributed by atoms with Gasteiger partial charge in [0.1, 0.15) is 11.6 Å². The van der Waals surface area contributed by atoms with E-state index in [9.17, 15) is 18.7 Å². The van der Waals surface area contributed by atoms with Gasteiger partial charge < -0.3 is 19.6 Å². The number of pyridine rings is 1. The first kappa shape index (κ1) is 22.8. The maximum absolute atomic E-state index is 14.0. The van der Waals surface area contributed by atoms with Gasteiger partial charge in [-0.3, -0.25) is 4.90 Å². The van der Waals surface area contributed by atoms with E-state index in [0.717, 1.165) is 58.5 Å². The number of likely N-dealkylation sites (tertiary alicyclic amines) is 1. The minimum atomic E-state index is -0.745. The van der Waals surface area contributed by atoms with Gasteiger partial charge in [-0.05, 0) is 49.9 Å². The molecule has 3 aliphatic rings. The molecule has 1 saturated carbocycles. The number of amides is 1. The zero-order valence-electron chi connectivity index (χ0n) is 19.3. The minimum absolute atomic E-state index is 0.207. The van der Waals surface area contributed by atoms with Crippen LogP contribution >= 0.6 is 0 Å². The van der Waals surface area contributed by atoms with Crippen molar-refractivity contribution in [1.82, 2.24) is 14.8 Å². The monoisotopic (exact) mass is 472 g/mol. The molecule has 2 aromatic rings. The fourth-order valence-corrected chi connectivity index (χ4v) is 5.75. The van der Waals surface area contributed by atoms with Crippen LogP contribution in [0.2, 0.25) is 0 Å². The number of benzene rings is 1. The quantitative estimate of drug-likeness (QED) is 0.729. The Morgan fingerprint density at radius 2 is 1.97 bits per heavy atom. The van der Waals surface area contributed by atoms with Gasteiger partial charge in [0.2, 0.25) is 0 Å². The molecule has 0 unspecified atom stereocenters. The molecule has 3 fully saturated rings. The molecule has 2 aliphatic heterocycles. The molecule has 1 atom stereocenters. The number of ether oxygens (including phenoxy) is 1. The van der Waals surface area contributed by atoms with E-state index in [1.54, 1.807) is 11.0 Å². The van der Waals surface area contributed by atoms with Crippen molar-refractivity contribution < 1.29 is 23.4 Å². The summed E-state index contributed by atoms with van der Waals surface area (Å²) in [6.45, 7) is 7.02. The van der Waals surface area contributed by atoms with Gasteiger partial charge in [-0.15, -0.1) is 0 Å². The van der Waals surface area contributed by atoms with Crippen LogP contribution in [-0.4, -0.2) is 77.9 Å². The third-order valence-corrected chi connectivity index (χ3v) is 7.48. The number of phenols is 1. The molecule has 0 bridgehead atoms. The molecule has 1 spiro atoms. The second kappa shape index (κ2) is 9.02. The number of carbonyl (C=O) groups is 1. The van der Waals surface area contributed by atoms with E-state index in [1.807, 2.05) is 6.92 Å². The zero-order chi connectivity index (χ0) is 23.9. The molecule has 2 saturated heterocycles. The van der Waals surface area contributed by atoms with E-state index in [4.69, 9.17) is 4.74 Å². The Kier molecular flexibility index (Phi) is 6.06. The van der Waals surface area contributed by atoms with E-state index in [-0.39, 0.29) is 11.5 Å². The maximum Gasteiger partial charge on any atom is 0.409 e. The second-order valence-electron chi connectivity index (χ2n) is 9.67. The van der Waals surface area contributed by atoms with E-state index in [1.165, 1.54) is 24.4 Å². The highest BCUT2D eigenvalue weighted by atomic mass is 19.1. The van der Waals surface area contributed by atoms with Gasteiger partial charge in [0.15, 0.2) is 11.6 Å². The summed E-state index contributed by atoms with van der Waals surface area (Å²) in [5.74, 6) is -1.04. The van der Waals surface area contributed by atoms with E-state index < -0.39 is 17.4 Å². The summed E-state index contributed by atoms with van der Waals surface area (Å²) in [5, 5.41) is 9.51. The Morgan fingerprint density at radius 1 is 1.21 bits per heavy atom. The van der Waals surface area contributed by atoms with Crippen molar-refractivity contribution in [2.45, 2.75) is 32.2 Å². The average molecular weight is 473 g/mol. The number of anilines is 1. The molecular weight excluding hydrogens is 442 g/mol. The van der Waals surface area contributed by atoms with Gasteiger partial charge in [-0.2, -0.15) is 0 Å². The molecule has 3 heterocycles. The summed E-state index contributed by atoms with van der Waals surface area (Å²) in [7, 11) is 0. The number of halogens is 2. The van der Waals surface area contributed by atoms with Gasteiger partial charge >= 0.3 is 6.09 Å². The van der Waals surface area contributed by atoms with Gasteiger partial charge in [0.25, 0.3) is 0 Å². The number of piperazine rings is 1. The highest BCUT2D eigenvalue weighted by Gasteiger charge is 2.51. The molecule has 1 aliphatic carbocycles. The lowest BCUT2D eigenvalue weighted by atomic mass is 9.78. The number of carbonyl (C=O) groups excluding carboxylic acids is 1. The first-order valence-electron chi connectivity index (χ1n) is 11.9. The number of nitrogens with zero attached hydrogens (tertiary/aromatic N) is 4. The molecule has 34 heavy (non-hydrogen) atoms. The van der Waals surface area contributed by atoms with Crippen LogP contribution in [0.5, 0.6) is 5.75 Å². The molecule has 1 amide bonds. The van der Waals surface area contributed by atoms with Crippen molar-refractivity contribution in [3.8, 4) is 16.9 Å². The van der Waals surface area contributed by atoms with Crippen molar-refractivity contribution >= 4 is 11.9 Å². The lowest BCUT2D eigenvalue weighted by Crippen LogP contribution is -2.58. The third kappa shape index (κ3) is 4.29. The molecule has 0 radical (unpaired) electrons. The fourth-order valence-electron chi connectivity index (χ4n) is 5.75. The van der Waals surface area contributed by atoms with Crippen molar-refractivity contribution in [1.29, 1.82) is 0 Å². The number of hydrogen-bond acceptors (Lipinski definition) is 6. The Morgan fingerprint density at radius 3 is 2.68 bits per heavy atom. The number of phenolic OH excluding ortho intramolecular Hbond substituents is 1. The van der Waals surface area contributed by atoms with Crippen molar-refractivity contribution in [3.05, 3.63) is 42.1 Å². The summed E-state index contributed by atoms with van der Waals surface area (Å²) in [6.07, 6.45) is 4.33. The molecular formula is C25H30F2N4O3. The van der Waals surface area contributed by atoms with Crippen LogP contribution in [0.1, 0.15) is 26.2 Å². The SMILES string of the molecule is CCOC(=O)N1CC2(CC[C@@H](N3CCN(c4ncc(F)cc4-c4ccc(O)c(F)c4)CC3)C2)C1. The first-order chi connectivity index (χ1) is 16.4. The van der Waals surface area contributed by atoms with Gasteiger partial charge in [0.05, 0.1) is 12.8 Å². The zero-order valence-corrected chi connectivity index (χ0v) is 19.3. The highest BCUT2D eigenvalue weighted by molar-refractivity contribution is 5.76.